The van der Waals surface area contributed by atoms with Crippen LogP contribution in [-0.2, 0) is 0 Å². The standard InChI is InChI=1S/C17H18N8/c18-11-5-7-24(8-6-11)17-22-15-14(19-9-20-15)16(23-17)25-10-21-12-3-1-2-4-13(12)25/h1-4,9-11H,5-8,18H2,(H,19,20,22,23)/p+1. The van der Waals surface area contributed by atoms with Gasteiger partial charge in [0.1, 0.15) is 11.0 Å². The van der Waals surface area contributed by atoms with Crippen LogP contribution in [0.3, 0.4) is 0 Å². The number of aromatic nitrogens is 6. The number of hydrogen-bond acceptors (Lipinski definition) is 5. The number of imidazole rings is 2. The van der Waals surface area contributed by atoms with E-state index in [9.17, 15) is 0 Å². The zero-order valence-corrected chi connectivity index (χ0v) is 13.7. The Hall–Kier alpha value is -3.00. The molecule has 25 heavy (non-hydrogen) atoms. The molecule has 1 aliphatic rings. The highest BCUT2D eigenvalue weighted by atomic mass is 15.3. The second-order valence-electron chi connectivity index (χ2n) is 6.43. The van der Waals surface area contributed by atoms with Crippen LogP contribution in [0.5, 0.6) is 0 Å². The predicted molar refractivity (Wildman–Crippen MR) is 94.5 cm³/mol. The number of nitrogens with two attached hydrogens (primary N) is 1. The minimum absolute atomic E-state index is 0.271. The van der Waals surface area contributed by atoms with E-state index < -0.39 is 0 Å². The van der Waals surface area contributed by atoms with Crippen LogP contribution < -0.4 is 15.2 Å². The Balaban J connectivity index is 1.68. The number of H-pyrrole nitrogens is 2. The summed E-state index contributed by atoms with van der Waals surface area (Å²) < 4.78 is 2.04. The molecule has 0 bridgehead atoms. The van der Waals surface area contributed by atoms with E-state index in [0.717, 1.165) is 48.3 Å². The van der Waals surface area contributed by atoms with Crippen LogP contribution in [0.4, 0.5) is 5.95 Å². The maximum absolute atomic E-state index is 6.03. The average Bonchev–Trinajstić information content (AvgIpc) is 3.28. The maximum atomic E-state index is 6.03. The first-order valence-corrected chi connectivity index (χ1v) is 8.49. The molecule has 5 rings (SSSR count). The van der Waals surface area contributed by atoms with Crippen molar-refractivity contribution < 1.29 is 4.57 Å². The van der Waals surface area contributed by atoms with Gasteiger partial charge in [-0.05, 0) is 25.0 Å². The highest BCUT2D eigenvalue weighted by molar-refractivity contribution is 5.79. The molecule has 1 fully saturated rings. The first kappa shape index (κ1) is 14.4. The van der Waals surface area contributed by atoms with Crippen LogP contribution in [0.25, 0.3) is 28.0 Å². The number of para-hydroxylation sites is 2. The van der Waals surface area contributed by atoms with Gasteiger partial charge in [0.25, 0.3) is 5.82 Å². The quantitative estimate of drug-likeness (QED) is 0.475. The largest absolute Gasteiger partial charge is 0.338 e. The van der Waals surface area contributed by atoms with Crippen molar-refractivity contribution in [2.24, 2.45) is 5.73 Å². The lowest BCUT2D eigenvalue weighted by Gasteiger charge is -2.28. The normalized spacial score (nSPS) is 16.1. The van der Waals surface area contributed by atoms with E-state index in [1.165, 1.54) is 0 Å². The van der Waals surface area contributed by atoms with E-state index >= 15 is 0 Å². The van der Waals surface area contributed by atoms with E-state index in [1.54, 1.807) is 6.33 Å². The van der Waals surface area contributed by atoms with Gasteiger partial charge in [0.05, 0.1) is 6.33 Å². The maximum Gasteiger partial charge on any atom is 0.305 e. The summed E-state index contributed by atoms with van der Waals surface area (Å²) in [4.78, 5) is 22.5. The number of benzene rings is 1. The molecule has 0 aliphatic carbocycles. The first-order chi connectivity index (χ1) is 12.3. The smallest absolute Gasteiger partial charge is 0.305 e. The van der Waals surface area contributed by atoms with Crippen molar-refractivity contribution >= 4 is 28.1 Å². The lowest BCUT2D eigenvalue weighted by Crippen LogP contribution is -2.41. The van der Waals surface area contributed by atoms with Crippen molar-refractivity contribution in [2.45, 2.75) is 18.9 Å². The van der Waals surface area contributed by atoms with Crippen LogP contribution in [0, 0.1) is 0 Å². The van der Waals surface area contributed by atoms with Gasteiger partial charge < -0.3 is 15.6 Å². The summed E-state index contributed by atoms with van der Waals surface area (Å²) in [6.45, 7) is 1.74. The summed E-state index contributed by atoms with van der Waals surface area (Å²) >= 11 is 0. The average molecular weight is 335 g/mol. The Labute approximate surface area is 143 Å². The molecule has 8 heteroatoms. The topological polar surface area (TPSA) is 103 Å². The summed E-state index contributed by atoms with van der Waals surface area (Å²) in [7, 11) is 0. The zero-order chi connectivity index (χ0) is 16.8. The summed E-state index contributed by atoms with van der Waals surface area (Å²) in [5.74, 6) is 1.50. The number of anilines is 1. The van der Waals surface area contributed by atoms with Gasteiger partial charge in [0.15, 0.2) is 17.5 Å². The molecule has 4 N–H and O–H groups in total. The Bertz CT molecular complexity index is 1040. The number of rotatable bonds is 2. The Morgan fingerprint density at radius 2 is 1.96 bits per heavy atom. The molecule has 3 aromatic heterocycles. The summed E-state index contributed by atoms with van der Waals surface area (Å²) in [6.07, 6.45) is 5.49. The third-order valence-electron chi connectivity index (χ3n) is 4.82. The third-order valence-corrected chi connectivity index (χ3v) is 4.82. The van der Waals surface area contributed by atoms with Gasteiger partial charge >= 0.3 is 5.95 Å². The van der Waals surface area contributed by atoms with Gasteiger partial charge in [-0.2, -0.15) is 9.55 Å². The molecule has 0 atom stereocenters. The van der Waals surface area contributed by atoms with Crippen LogP contribution in [0.15, 0.2) is 36.9 Å². The summed E-state index contributed by atoms with van der Waals surface area (Å²) in [5, 5.41) is 0. The fourth-order valence-electron chi connectivity index (χ4n) is 3.41. The Kier molecular flexibility index (Phi) is 3.17. The van der Waals surface area contributed by atoms with Crippen molar-refractivity contribution in [2.75, 3.05) is 18.0 Å². The molecule has 0 amide bonds. The van der Waals surface area contributed by atoms with Gasteiger partial charge in [-0.3, -0.25) is 4.98 Å². The second kappa shape index (κ2) is 5.52. The van der Waals surface area contributed by atoms with Gasteiger partial charge in [-0.25, -0.2) is 4.98 Å². The number of hydrogen-bond donors (Lipinski definition) is 3. The molecule has 1 aromatic carbocycles. The molecule has 4 heterocycles. The van der Waals surface area contributed by atoms with Gasteiger partial charge in [0, 0.05) is 19.1 Å². The Morgan fingerprint density at radius 1 is 1.12 bits per heavy atom. The van der Waals surface area contributed by atoms with E-state index in [-0.39, 0.29) is 6.04 Å². The molecule has 0 spiro atoms. The molecule has 4 aromatic rings. The number of nitrogens with zero attached hydrogens (tertiary/aromatic N) is 5. The number of nitrogens with one attached hydrogen (secondary N) is 2. The second-order valence-corrected chi connectivity index (χ2v) is 6.43. The molecule has 8 nitrogen and oxygen atoms in total. The number of piperidine rings is 1. The molecular formula is C17H19N8+. The minimum Gasteiger partial charge on any atom is -0.338 e. The highest BCUT2D eigenvalue weighted by Crippen LogP contribution is 2.21. The van der Waals surface area contributed by atoms with Crippen LogP contribution in [0.2, 0.25) is 0 Å². The molecule has 1 aliphatic heterocycles. The van der Waals surface area contributed by atoms with Crippen LogP contribution in [-0.4, -0.2) is 44.1 Å². The SMILES string of the molecule is NC1CCN(c2nc(-[n+]3c[nH]c4ccccc43)c3[nH]cnc3n2)CC1. The molecular weight excluding hydrogens is 316 g/mol. The zero-order valence-electron chi connectivity index (χ0n) is 13.7. The lowest BCUT2D eigenvalue weighted by molar-refractivity contribution is -0.569. The third kappa shape index (κ3) is 2.33. The number of fused-ring (bicyclic) bond motifs is 2. The van der Waals surface area contributed by atoms with Gasteiger partial charge in [-0.15, -0.1) is 0 Å². The highest BCUT2D eigenvalue weighted by Gasteiger charge is 2.25. The summed E-state index contributed by atoms with van der Waals surface area (Å²) in [6, 6.07) is 8.41. The monoisotopic (exact) mass is 335 g/mol. The lowest BCUT2D eigenvalue weighted by atomic mass is 10.1. The molecule has 0 saturated carbocycles. The minimum atomic E-state index is 0.271. The Morgan fingerprint density at radius 3 is 2.84 bits per heavy atom. The van der Waals surface area contributed by atoms with Gasteiger partial charge in [0.2, 0.25) is 0 Å². The van der Waals surface area contributed by atoms with Crippen LogP contribution in [0.1, 0.15) is 12.8 Å². The molecule has 1 saturated heterocycles. The first-order valence-electron chi connectivity index (χ1n) is 8.49. The molecule has 0 radical (unpaired) electrons. The van der Waals surface area contributed by atoms with E-state index in [0.29, 0.717) is 11.6 Å². The van der Waals surface area contributed by atoms with Gasteiger partial charge in [-0.1, -0.05) is 17.1 Å². The fourth-order valence-corrected chi connectivity index (χ4v) is 3.41. The van der Waals surface area contributed by atoms with Crippen molar-refractivity contribution in [3.8, 4) is 5.82 Å². The summed E-state index contributed by atoms with van der Waals surface area (Å²) in [5.41, 5.74) is 9.64. The van der Waals surface area contributed by atoms with E-state index in [2.05, 4.69) is 30.9 Å². The van der Waals surface area contributed by atoms with Crippen molar-refractivity contribution in [3.05, 3.63) is 36.9 Å². The molecule has 126 valence electrons. The van der Waals surface area contributed by atoms with Crippen molar-refractivity contribution in [1.29, 1.82) is 0 Å². The number of aromatic amines is 2. The van der Waals surface area contributed by atoms with Crippen molar-refractivity contribution in [3.63, 3.8) is 0 Å². The molecule has 0 unspecified atom stereocenters. The fraction of sp³-hybridized carbons (Fsp3) is 0.294. The van der Waals surface area contributed by atoms with Crippen molar-refractivity contribution in [1.82, 2.24) is 24.9 Å². The van der Waals surface area contributed by atoms with E-state index in [4.69, 9.17) is 10.7 Å². The predicted octanol–water partition coefficient (Wildman–Crippen LogP) is 1.04. The van der Waals surface area contributed by atoms with E-state index in [1.807, 2.05) is 29.1 Å². The van der Waals surface area contributed by atoms with Crippen LogP contribution >= 0.6 is 0 Å².